The van der Waals surface area contributed by atoms with Gasteiger partial charge < -0.3 is 5.11 Å². The molecule has 1 atom stereocenters. The molecule has 1 heteroatoms. The van der Waals surface area contributed by atoms with Crippen LogP contribution in [-0.2, 0) is 0 Å². The number of aliphatic hydroxyl groups excluding tert-OH is 1. The third-order valence-corrected chi connectivity index (χ3v) is 2.69. The molecule has 78 valence electrons. The molecule has 0 spiro atoms. The Morgan fingerprint density at radius 3 is 2.79 bits per heavy atom. The maximum Gasteiger partial charge on any atom is 0.0546 e. The lowest BCUT2D eigenvalue weighted by molar-refractivity contribution is 0.198. The Morgan fingerprint density at radius 2 is 2.29 bits per heavy atom. The largest absolute Gasteiger partial charge is 0.393 e. The fourth-order valence-electron chi connectivity index (χ4n) is 1.83. The van der Waals surface area contributed by atoms with Gasteiger partial charge in [-0.1, -0.05) is 38.7 Å². The lowest BCUT2D eigenvalue weighted by atomic mass is 9.74. The van der Waals surface area contributed by atoms with E-state index >= 15 is 0 Å². The maximum atomic E-state index is 9.25. The summed E-state index contributed by atoms with van der Waals surface area (Å²) in [5, 5.41) is 9.25. The number of hydrogen-bond donors (Lipinski definition) is 1. The van der Waals surface area contributed by atoms with Gasteiger partial charge in [0.05, 0.1) is 6.10 Å². The van der Waals surface area contributed by atoms with E-state index in [2.05, 4.69) is 38.7 Å². The topological polar surface area (TPSA) is 20.2 Å². The highest BCUT2D eigenvalue weighted by molar-refractivity contribution is 5.44. The van der Waals surface area contributed by atoms with Gasteiger partial charge in [0.25, 0.3) is 0 Å². The standard InChI is InChI=1S/C13H20O/c1-10-6-5-9-13(3,4)12(10)8-7-11(2)14/h5-6,8,11,14H,1,7,9H2,2-4H3/b12-8-. The van der Waals surface area contributed by atoms with Crippen molar-refractivity contribution in [1.82, 2.24) is 0 Å². The molecule has 1 aliphatic carbocycles. The summed E-state index contributed by atoms with van der Waals surface area (Å²) in [5.74, 6) is 0. The molecule has 0 fully saturated rings. The molecule has 0 heterocycles. The van der Waals surface area contributed by atoms with Crippen molar-refractivity contribution in [1.29, 1.82) is 0 Å². The van der Waals surface area contributed by atoms with Gasteiger partial charge >= 0.3 is 0 Å². The van der Waals surface area contributed by atoms with Crippen LogP contribution in [0.1, 0.15) is 33.6 Å². The van der Waals surface area contributed by atoms with Crippen LogP contribution in [0.2, 0.25) is 0 Å². The molecule has 0 aliphatic heterocycles. The first-order chi connectivity index (χ1) is 6.43. The van der Waals surface area contributed by atoms with Gasteiger partial charge in [-0.05, 0) is 36.3 Å². The smallest absolute Gasteiger partial charge is 0.0546 e. The Labute approximate surface area is 86.8 Å². The zero-order valence-electron chi connectivity index (χ0n) is 9.38. The third-order valence-electron chi connectivity index (χ3n) is 2.69. The van der Waals surface area contributed by atoms with Crippen LogP contribution < -0.4 is 0 Å². The zero-order valence-corrected chi connectivity index (χ0v) is 9.38. The minimum absolute atomic E-state index is 0.167. The van der Waals surface area contributed by atoms with Crippen molar-refractivity contribution in [2.24, 2.45) is 5.41 Å². The van der Waals surface area contributed by atoms with E-state index in [9.17, 15) is 5.11 Å². The van der Waals surface area contributed by atoms with Crippen molar-refractivity contribution in [2.45, 2.75) is 39.7 Å². The quantitative estimate of drug-likeness (QED) is 0.712. The first-order valence-electron chi connectivity index (χ1n) is 5.18. The summed E-state index contributed by atoms with van der Waals surface area (Å²) < 4.78 is 0. The van der Waals surface area contributed by atoms with Crippen molar-refractivity contribution in [2.75, 3.05) is 0 Å². The van der Waals surface area contributed by atoms with E-state index in [1.165, 1.54) is 5.57 Å². The molecule has 1 unspecified atom stereocenters. The van der Waals surface area contributed by atoms with E-state index < -0.39 is 0 Å². The first kappa shape index (κ1) is 11.3. The van der Waals surface area contributed by atoms with E-state index in [-0.39, 0.29) is 11.5 Å². The van der Waals surface area contributed by atoms with Crippen LogP contribution in [0.3, 0.4) is 0 Å². The summed E-state index contributed by atoms with van der Waals surface area (Å²) >= 11 is 0. The SMILES string of the molecule is C=C1C=CCC(C)(C)/C1=C\CC(C)O. The second kappa shape index (κ2) is 4.14. The van der Waals surface area contributed by atoms with Crippen molar-refractivity contribution < 1.29 is 5.11 Å². The molecule has 0 saturated carbocycles. The van der Waals surface area contributed by atoms with Crippen molar-refractivity contribution >= 4 is 0 Å². The Morgan fingerprint density at radius 1 is 1.64 bits per heavy atom. The highest BCUT2D eigenvalue weighted by Crippen LogP contribution is 2.39. The maximum absolute atomic E-state index is 9.25. The predicted molar refractivity (Wildman–Crippen MR) is 61.1 cm³/mol. The summed E-state index contributed by atoms with van der Waals surface area (Å²) in [4.78, 5) is 0. The second-order valence-corrected chi connectivity index (χ2v) is 4.72. The van der Waals surface area contributed by atoms with E-state index in [1.807, 2.05) is 6.92 Å². The van der Waals surface area contributed by atoms with Crippen molar-refractivity contribution in [3.63, 3.8) is 0 Å². The van der Waals surface area contributed by atoms with Crippen molar-refractivity contribution in [3.8, 4) is 0 Å². The molecule has 1 rings (SSSR count). The van der Waals surface area contributed by atoms with Gasteiger partial charge in [-0.25, -0.2) is 0 Å². The molecule has 0 amide bonds. The number of aliphatic hydroxyl groups is 1. The normalized spacial score (nSPS) is 25.4. The minimum Gasteiger partial charge on any atom is -0.393 e. The molecule has 0 bridgehead atoms. The van der Waals surface area contributed by atoms with E-state index in [4.69, 9.17) is 0 Å². The molecule has 0 radical (unpaired) electrons. The fourth-order valence-corrected chi connectivity index (χ4v) is 1.83. The van der Waals surface area contributed by atoms with Crippen LogP contribution in [0, 0.1) is 5.41 Å². The zero-order chi connectivity index (χ0) is 10.8. The van der Waals surface area contributed by atoms with E-state index in [0.29, 0.717) is 6.42 Å². The Hall–Kier alpha value is -0.820. The average molecular weight is 192 g/mol. The monoisotopic (exact) mass is 192 g/mol. The predicted octanol–water partition coefficient (Wildman–Crippen LogP) is 3.23. The van der Waals surface area contributed by atoms with Crippen LogP contribution in [0.15, 0.2) is 36.0 Å². The fraction of sp³-hybridized carbons (Fsp3) is 0.538. The van der Waals surface area contributed by atoms with Crippen LogP contribution in [0.25, 0.3) is 0 Å². The Kier molecular flexibility index (Phi) is 3.33. The highest BCUT2D eigenvalue weighted by Gasteiger charge is 2.25. The number of hydrogen-bond acceptors (Lipinski definition) is 1. The molecule has 14 heavy (non-hydrogen) atoms. The molecule has 0 aromatic carbocycles. The van der Waals surface area contributed by atoms with Gasteiger partial charge in [0.2, 0.25) is 0 Å². The lowest BCUT2D eigenvalue weighted by Gasteiger charge is -2.31. The lowest BCUT2D eigenvalue weighted by Crippen LogP contribution is -2.18. The Bertz CT molecular complexity index is 280. The molecular formula is C13H20O. The molecule has 0 saturated heterocycles. The van der Waals surface area contributed by atoms with Crippen LogP contribution in [0.5, 0.6) is 0 Å². The summed E-state index contributed by atoms with van der Waals surface area (Å²) in [7, 11) is 0. The second-order valence-electron chi connectivity index (χ2n) is 4.72. The summed E-state index contributed by atoms with van der Waals surface area (Å²) in [6.07, 6.45) is 7.86. The minimum atomic E-state index is -0.267. The van der Waals surface area contributed by atoms with E-state index in [1.54, 1.807) is 0 Å². The van der Waals surface area contributed by atoms with Crippen molar-refractivity contribution in [3.05, 3.63) is 36.0 Å². The molecule has 0 aromatic rings. The molecule has 1 N–H and O–H groups in total. The van der Waals surface area contributed by atoms with Crippen LogP contribution >= 0.6 is 0 Å². The highest BCUT2D eigenvalue weighted by atomic mass is 16.3. The van der Waals surface area contributed by atoms with Gasteiger partial charge in [-0.2, -0.15) is 0 Å². The van der Waals surface area contributed by atoms with Crippen LogP contribution in [-0.4, -0.2) is 11.2 Å². The first-order valence-corrected chi connectivity index (χ1v) is 5.18. The molecule has 1 nitrogen and oxygen atoms in total. The Balaban J connectivity index is 2.88. The summed E-state index contributed by atoms with van der Waals surface area (Å²) in [6, 6.07) is 0. The van der Waals surface area contributed by atoms with Gasteiger partial charge in [-0.15, -0.1) is 0 Å². The summed E-state index contributed by atoms with van der Waals surface area (Å²) in [6.45, 7) is 10.3. The van der Waals surface area contributed by atoms with Gasteiger partial charge in [0.1, 0.15) is 0 Å². The van der Waals surface area contributed by atoms with Gasteiger partial charge in [-0.3, -0.25) is 0 Å². The van der Waals surface area contributed by atoms with E-state index in [0.717, 1.165) is 12.0 Å². The van der Waals surface area contributed by atoms with Gasteiger partial charge in [0, 0.05) is 0 Å². The van der Waals surface area contributed by atoms with Gasteiger partial charge in [0.15, 0.2) is 0 Å². The number of rotatable bonds is 2. The number of allylic oxidation sites excluding steroid dienone is 4. The third kappa shape index (κ3) is 2.58. The van der Waals surface area contributed by atoms with Crippen LogP contribution in [0.4, 0.5) is 0 Å². The molecule has 1 aliphatic rings. The molecule has 0 aromatic heterocycles. The summed E-state index contributed by atoms with van der Waals surface area (Å²) in [5.41, 5.74) is 2.53. The average Bonchev–Trinajstić information content (AvgIpc) is 2.01. The molecular weight excluding hydrogens is 172 g/mol.